The molecule has 230 valence electrons. The Hall–Kier alpha value is -5.77. The normalized spacial score (nSPS) is 11.6. The van der Waals surface area contributed by atoms with Crippen molar-refractivity contribution in [2.75, 3.05) is 13.1 Å². The van der Waals surface area contributed by atoms with Gasteiger partial charge in [0.25, 0.3) is 5.91 Å². The monoisotopic (exact) mass is 606 g/mol. The van der Waals surface area contributed by atoms with E-state index >= 15 is 0 Å². The van der Waals surface area contributed by atoms with E-state index in [-0.39, 0.29) is 44.5 Å². The van der Waals surface area contributed by atoms with Crippen molar-refractivity contribution in [3.63, 3.8) is 0 Å². The summed E-state index contributed by atoms with van der Waals surface area (Å²) in [5.41, 5.74) is 9.12. The summed E-state index contributed by atoms with van der Waals surface area (Å²) in [6, 6.07) is 33.8. The predicted octanol–water partition coefficient (Wildman–Crippen LogP) is 4.49. The Labute approximate surface area is 261 Å². The number of rotatable bonds is 13. The van der Waals surface area contributed by atoms with Crippen LogP contribution in [0.1, 0.15) is 45.0 Å². The van der Waals surface area contributed by atoms with Gasteiger partial charge in [0.1, 0.15) is 19.0 Å². The fourth-order valence-corrected chi connectivity index (χ4v) is 4.25. The summed E-state index contributed by atoms with van der Waals surface area (Å²) in [4.78, 5) is 53.8. The molecule has 0 fully saturated rings. The average Bonchev–Trinajstić information content (AvgIpc) is 3.08. The van der Waals surface area contributed by atoms with Crippen molar-refractivity contribution in [1.82, 2.24) is 10.6 Å². The molecule has 3 amide bonds. The second-order valence-corrected chi connectivity index (χ2v) is 9.98. The predicted molar refractivity (Wildman–Crippen MR) is 169 cm³/mol. The van der Waals surface area contributed by atoms with Crippen molar-refractivity contribution in [2.45, 2.75) is 25.6 Å². The van der Waals surface area contributed by atoms with Gasteiger partial charge in [0, 0.05) is 30.6 Å². The molecule has 4 N–H and O–H groups in total. The first-order valence-electron chi connectivity index (χ1n) is 14.3. The average molecular weight is 607 g/mol. The Morgan fingerprint density at radius 1 is 0.667 bits per heavy atom. The molecular formula is C35H34N4O6. The highest BCUT2D eigenvalue weighted by atomic mass is 16.5. The second-order valence-electron chi connectivity index (χ2n) is 9.98. The number of carbonyl (C=O) groups is 4. The first-order chi connectivity index (χ1) is 21.9. The van der Waals surface area contributed by atoms with Gasteiger partial charge in [-0.25, -0.2) is 4.79 Å². The molecule has 1 atom stereocenters. The third kappa shape index (κ3) is 10.5. The summed E-state index contributed by atoms with van der Waals surface area (Å²) in [5, 5.41) is 5.47. The number of amidine groups is 1. The Morgan fingerprint density at radius 3 is 1.80 bits per heavy atom. The van der Waals surface area contributed by atoms with Crippen LogP contribution in [0.4, 0.5) is 4.79 Å². The first kappa shape index (κ1) is 32.2. The lowest BCUT2D eigenvalue weighted by Gasteiger charge is -2.17. The van der Waals surface area contributed by atoms with Gasteiger partial charge in [-0.15, -0.1) is 0 Å². The van der Waals surface area contributed by atoms with E-state index in [1.807, 2.05) is 91.0 Å². The lowest BCUT2D eigenvalue weighted by atomic mass is 9.99. The van der Waals surface area contributed by atoms with E-state index in [4.69, 9.17) is 15.2 Å². The Morgan fingerprint density at radius 2 is 1.20 bits per heavy atom. The number of hydrogen-bond donors (Lipinski definition) is 3. The third-order valence-corrected chi connectivity index (χ3v) is 6.71. The Balaban J connectivity index is 1.21. The SMILES string of the molecule is NC(=NC(=O)OCc1ccccc1)c1ccc(C(=O)NCCC(=O)NCC(C(=O)OCc2ccccc2)c2ccccc2)cc1. The van der Waals surface area contributed by atoms with Crippen LogP contribution in [0.3, 0.4) is 0 Å². The molecule has 10 heteroatoms. The zero-order chi connectivity index (χ0) is 31.9. The fraction of sp³-hybridized carbons (Fsp3) is 0.171. The van der Waals surface area contributed by atoms with Gasteiger partial charge in [0.2, 0.25) is 5.91 Å². The molecule has 0 saturated heterocycles. The van der Waals surface area contributed by atoms with Crippen molar-refractivity contribution in [2.24, 2.45) is 10.7 Å². The summed E-state index contributed by atoms with van der Waals surface area (Å²) in [6.45, 7) is 0.333. The highest BCUT2D eigenvalue weighted by molar-refractivity contribution is 6.03. The van der Waals surface area contributed by atoms with Gasteiger partial charge in [0.15, 0.2) is 0 Å². The lowest BCUT2D eigenvalue weighted by molar-refractivity contribution is -0.146. The topological polar surface area (TPSA) is 149 Å². The fourth-order valence-electron chi connectivity index (χ4n) is 4.25. The van der Waals surface area contributed by atoms with E-state index in [1.165, 1.54) is 12.1 Å². The second kappa shape index (κ2) is 16.8. The zero-order valence-corrected chi connectivity index (χ0v) is 24.6. The molecule has 0 aliphatic heterocycles. The minimum Gasteiger partial charge on any atom is -0.460 e. The van der Waals surface area contributed by atoms with Gasteiger partial charge in [-0.1, -0.05) is 103 Å². The van der Waals surface area contributed by atoms with Gasteiger partial charge in [0.05, 0.1) is 5.92 Å². The van der Waals surface area contributed by atoms with Gasteiger partial charge >= 0.3 is 12.1 Å². The van der Waals surface area contributed by atoms with Gasteiger partial charge < -0.3 is 25.8 Å². The van der Waals surface area contributed by atoms with Crippen LogP contribution in [0, 0.1) is 0 Å². The molecule has 45 heavy (non-hydrogen) atoms. The van der Waals surface area contributed by atoms with E-state index in [0.29, 0.717) is 11.1 Å². The molecule has 0 spiro atoms. The number of benzene rings is 4. The molecule has 0 aliphatic carbocycles. The molecule has 1 unspecified atom stereocenters. The number of esters is 1. The molecule has 0 aromatic heterocycles. The molecule has 0 heterocycles. The first-order valence-corrected chi connectivity index (χ1v) is 14.3. The summed E-state index contributed by atoms with van der Waals surface area (Å²) >= 11 is 0. The maximum atomic E-state index is 12.9. The number of aliphatic imine (C=N–C) groups is 1. The molecule has 0 aliphatic rings. The quantitative estimate of drug-likeness (QED) is 0.115. The molecule has 0 bridgehead atoms. The Kier molecular flexibility index (Phi) is 12.0. The number of nitrogens with zero attached hydrogens (tertiary/aromatic N) is 1. The minimum absolute atomic E-state index is 0.00902. The maximum absolute atomic E-state index is 12.9. The third-order valence-electron chi connectivity index (χ3n) is 6.71. The van der Waals surface area contributed by atoms with Crippen LogP contribution in [0.15, 0.2) is 120 Å². The molecular weight excluding hydrogens is 572 g/mol. The molecule has 0 radical (unpaired) electrons. The van der Waals surface area contributed by atoms with Crippen LogP contribution in [0.25, 0.3) is 0 Å². The largest absolute Gasteiger partial charge is 0.460 e. The van der Waals surface area contributed by atoms with Crippen molar-refractivity contribution in [3.8, 4) is 0 Å². The molecule has 4 aromatic rings. The standard InChI is InChI=1S/C35H34N4O6/c36-32(39-35(43)45-24-26-12-6-2-7-13-26)28-16-18-29(19-17-28)33(41)37-21-20-31(40)38-22-30(27-14-8-3-9-15-27)34(42)44-23-25-10-4-1-5-11-25/h1-19,30H,20-24H2,(H,37,41)(H,38,40)(H2,36,39,43). The molecule has 0 saturated carbocycles. The van der Waals surface area contributed by atoms with E-state index in [9.17, 15) is 19.2 Å². The van der Waals surface area contributed by atoms with Crippen LogP contribution in [-0.2, 0) is 32.3 Å². The van der Waals surface area contributed by atoms with Crippen molar-refractivity contribution >= 4 is 29.7 Å². The van der Waals surface area contributed by atoms with Crippen LogP contribution >= 0.6 is 0 Å². The number of nitrogens with two attached hydrogens (primary N) is 1. The minimum atomic E-state index is -0.824. The van der Waals surface area contributed by atoms with Gasteiger partial charge in [-0.05, 0) is 28.8 Å². The summed E-state index contributed by atoms with van der Waals surface area (Å²) in [7, 11) is 0. The van der Waals surface area contributed by atoms with Crippen LogP contribution < -0.4 is 16.4 Å². The van der Waals surface area contributed by atoms with Crippen molar-refractivity contribution in [3.05, 3.63) is 143 Å². The molecule has 10 nitrogen and oxygen atoms in total. The molecule has 4 rings (SSSR count). The highest BCUT2D eigenvalue weighted by Gasteiger charge is 2.23. The lowest BCUT2D eigenvalue weighted by Crippen LogP contribution is -2.35. The van der Waals surface area contributed by atoms with E-state index in [2.05, 4.69) is 15.6 Å². The zero-order valence-electron chi connectivity index (χ0n) is 24.6. The maximum Gasteiger partial charge on any atom is 0.435 e. The number of nitrogens with one attached hydrogen (secondary N) is 2. The van der Waals surface area contributed by atoms with Gasteiger partial charge in [-0.3, -0.25) is 14.4 Å². The number of carbonyl (C=O) groups excluding carboxylic acids is 4. The van der Waals surface area contributed by atoms with E-state index in [1.54, 1.807) is 12.1 Å². The van der Waals surface area contributed by atoms with Crippen molar-refractivity contribution in [1.29, 1.82) is 0 Å². The number of amides is 3. The van der Waals surface area contributed by atoms with Crippen molar-refractivity contribution < 1.29 is 28.7 Å². The van der Waals surface area contributed by atoms with Crippen LogP contribution in [0.2, 0.25) is 0 Å². The van der Waals surface area contributed by atoms with Crippen LogP contribution in [0.5, 0.6) is 0 Å². The highest BCUT2D eigenvalue weighted by Crippen LogP contribution is 2.18. The van der Waals surface area contributed by atoms with Gasteiger partial charge in [-0.2, -0.15) is 4.99 Å². The Bertz CT molecular complexity index is 1590. The van der Waals surface area contributed by atoms with E-state index in [0.717, 1.165) is 16.7 Å². The summed E-state index contributed by atoms with van der Waals surface area (Å²) < 4.78 is 10.6. The molecule has 4 aromatic carbocycles. The van der Waals surface area contributed by atoms with E-state index < -0.39 is 23.9 Å². The summed E-state index contributed by atoms with van der Waals surface area (Å²) in [5.74, 6) is -1.90. The number of ether oxygens (including phenoxy) is 2. The summed E-state index contributed by atoms with van der Waals surface area (Å²) in [6.07, 6.45) is -0.814. The number of hydrogen-bond acceptors (Lipinski definition) is 6. The van der Waals surface area contributed by atoms with Crippen LogP contribution in [-0.4, -0.2) is 42.8 Å². The smallest absolute Gasteiger partial charge is 0.435 e.